The van der Waals surface area contributed by atoms with E-state index < -0.39 is 5.60 Å². The van der Waals surface area contributed by atoms with Crippen LogP contribution in [-0.2, 0) is 4.74 Å². The molecule has 1 amide bonds. The highest BCUT2D eigenvalue weighted by atomic mass is 16.6. The molecule has 1 aromatic rings. The zero-order valence-corrected chi connectivity index (χ0v) is 13.9. The van der Waals surface area contributed by atoms with Crippen LogP contribution >= 0.6 is 0 Å². The highest BCUT2D eigenvalue weighted by Gasteiger charge is 2.27. The number of ether oxygens (including phenoxy) is 2. The zero-order chi connectivity index (χ0) is 16.2. The van der Waals surface area contributed by atoms with Crippen molar-refractivity contribution in [1.82, 2.24) is 4.90 Å². The third-order valence-electron chi connectivity index (χ3n) is 3.54. The van der Waals surface area contributed by atoms with Gasteiger partial charge in [-0.05, 0) is 45.7 Å². The van der Waals surface area contributed by atoms with Crippen LogP contribution in [0.1, 0.15) is 33.6 Å². The number of hydrogen-bond acceptors (Lipinski definition) is 4. The summed E-state index contributed by atoms with van der Waals surface area (Å²) >= 11 is 0. The molecule has 0 aromatic heterocycles. The van der Waals surface area contributed by atoms with Gasteiger partial charge in [0.25, 0.3) is 0 Å². The first-order valence-corrected chi connectivity index (χ1v) is 7.76. The summed E-state index contributed by atoms with van der Waals surface area (Å²) in [6.45, 7) is 7.06. The molecule has 0 saturated carbocycles. The molecular weight excluding hydrogens is 280 g/mol. The van der Waals surface area contributed by atoms with Crippen LogP contribution in [0.2, 0.25) is 0 Å². The first-order valence-electron chi connectivity index (χ1n) is 7.76. The van der Waals surface area contributed by atoms with E-state index in [0.717, 1.165) is 30.8 Å². The highest BCUT2D eigenvalue weighted by Crippen LogP contribution is 2.26. The topological polar surface area (TPSA) is 50.8 Å². The predicted molar refractivity (Wildman–Crippen MR) is 87.4 cm³/mol. The van der Waals surface area contributed by atoms with E-state index >= 15 is 0 Å². The van der Waals surface area contributed by atoms with Gasteiger partial charge in [-0.25, -0.2) is 4.79 Å². The van der Waals surface area contributed by atoms with Gasteiger partial charge in [0.15, 0.2) is 0 Å². The van der Waals surface area contributed by atoms with Crippen molar-refractivity contribution in [2.45, 2.75) is 45.3 Å². The van der Waals surface area contributed by atoms with Crippen LogP contribution in [0.25, 0.3) is 0 Å². The fourth-order valence-electron chi connectivity index (χ4n) is 2.57. The molecular formula is C17H26N2O3. The van der Waals surface area contributed by atoms with Gasteiger partial charge in [-0.15, -0.1) is 0 Å². The van der Waals surface area contributed by atoms with Gasteiger partial charge in [-0.3, -0.25) is 0 Å². The number of carbonyl (C=O) groups excluding carboxylic acids is 1. The summed E-state index contributed by atoms with van der Waals surface area (Å²) in [6.07, 6.45) is 1.75. The molecule has 1 aromatic carbocycles. The number of nitrogens with zero attached hydrogens (tertiary/aromatic N) is 1. The molecule has 1 saturated heterocycles. The van der Waals surface area contributed by atoms with Crippen LogP contribution < -0.4 is 10.1 Å². The lowest BCUT2D eigenvalue weighted by Gasteiger charge is -2.35. The molecule has 0 bridgehead atoms. The molecule has 122 valence electrons. The van der Waals surface area contributed by atoms with Crippen molar-refractivity contribution < 1.29 is 14.3 Å². The lowest BCUT2D eigenvalue weighted by molar-refractivity contribution is 0.0206. The van der Waals surface area contributed by atoms with Crippen molar-refractivity contribution in [3.63, 3.8) is 0 Å². The number of carbonyl (C=O) groups is 1. The lowest BCUT2D eigenvalue weighted by atomic mass is 10.1. The molecule has 5 heteroatoms. The Morgan fingerprint density at radius 1 is 1.32 bits per heavy atom. The van der Waals surface area contributed by atoms with E-state index in [0.29, 0.717) is 6.54 Å². The average molecular weight is 306 g/mol. The Hall–Kier alpha value is -1.91. The van der Waals surface area contributed by atoms with E-state index in [2.05, 4.69) is 5.32 Å². The maximum absolute atomic E-state index is 12.2. The molecule has 1 atom stereocenters. The first kappa shape index (κ1) is 16.5. The smallest absolute Gasteiger partial charge is 0.410 e. The van der Waals surface area contributed by atoms with Crippen LogP contribution in [0.4, 0.5) is 10.5 Å². The number of hydrogen-bond donors (Lipinski definition) is 1. The van der Waals surface area contributed by atoms with Crippen molar-refractivity contribution in [3.05, 3.63) is 24.3 Å². The second-order valence-corrected chi connectivity index (χ2v) is 6.61. The number of nitrogens with one attached hydrogen (secondary N) is 1. The lowest BCUT2D eigenvalue weighted by Crippen LogP contribution is -2.47. The normalized spacial score (nSPS) is 18.7. The van der Waals surface area contributed by atoms with E-state index in [1.807, 2.05) is 45.0 Å². The second-order valence-electron chi connectivity index (χ2n) is 6.61. The maximum Gasteiger partial charge on any atom is 0.410 e. The van der Waals surface area contributed by atoms with Gasteiger partial charge in [0.2, 0.25) is 0 Å². The first-order chi connectivity index (χ1) is 10.4. The Balaban J connectivity index is 1.97. The number of para-hydroxylation sites is 2. The highest BCUT2D eigenvalue weighted by molar-refractivity contribution is 5.68. The number of likely N-dealkylation sites (tertiary alicyclic amines) is 1. The molecule has 2 rings (SSSR count). The van der Waals surface area contributed by atoms with Crippen molar-refractivity contribution in [2.24, 2.45) is 0 Å². The third-order valence-corrected chi connectivity index (χ3v) is 3.54. The van der Waals surface area contributed by atoms with Gasteiger partial charge in [-0.1, -0.05) is 12.1 Å². The standard InChI is InChI=1S/C17H26N2O3/c1-17(2,3)22-16(20)19-11-7-8-13(12-19)18-14-9-5-6-10-15(14)21-4/h5-6,9-10,13,18H,7-8,11-12H2,1-4H3/t13-/m0/s1. The number of anilines is 1. The van der Waals surface area contributed by atoms with Gasteiger partial charge in [0.1, 0.15) is 11.4 Å². The molecule has 1 fully saturated rings. The Bertz CT molecular complexity index is 511. The minimum absolute atomic E-state index is 0.206. The summed E-state index contributed by atoms with van der Waals surface area (Å²) in [7, 11) is 1.66. The Kier molecular flexibility index (Phi) is 5.16. The van der Waals surface area contributed by atoms with Crippen LogP contribution in [0.5, 0.6) is 5.75 Å². The molecule has 0 radical (unpaired) electrons. The number of methoxy groups -OCH3 is 1. The Labute approximate surface area is 132 Å². The monoisotopic (exact) mass is 306 g/mol. The van der Waals surface area contributed by atoms with Gasteiger partial charge < -0.3 is 19.7 Å². The van der Waals surface area contributed by atoms with Gasteiger partial charge in [-0.2, -0.15) is 0 Å². The Morgan fingerprint density at radius 3 is 2.73 bits per heavy atom. The molecule has 1 N–H and O–H groups in total. The largest absolute Gasteiger partial charge is 0.495 e. The third kappa shape index (κ3) is 4.55. The van der Waals surface area contributed by atoms with E-state index in [-0.39, 0.29) is 12.1 Å². The van der Waals surface area contributed by atoms with Gasteiger partial charge in [0, 0.05) is 19.1 Å². The SMILES string of the molecule is COc1ccccc1N[C@H]1CCCN(C(=O)OC(C)(C)C)C1. The number of piperidine rings is 1. The van der Waals surface area contributed by atoms with Crippen LogP contribution in [0.15, 0.2) is 24.3 Å². The molecule has 5 nitrogen and oxygen atoms in total. The molecule has 1 aliphatic rings. The molecule has 1 heterocycles. The quantitative estimate of drug-likeness (QED) is 0.928. The van der Waals surface area contributed by atoms with E-state index in [9.17, 15) is 4.79 Å². The Morgan fingerprint density at radius 2 is 2.05 bits per heavy atom. The van der Waals surface area contributed by atoms with Crippen LogP contribution in [-0.4, -0.2) is 42.8 Å². The average Bonchev–Trinajstić information content (AvgIpc) is 2.46. The van der Waals surface area contributed by atoms with Gasteiger partial charge in [0.05, 0.1) is 12.8 Å². The van der Waals surface area contributed by atoms with Crippen LogP contribution in [0.3, 0.4) is 0 Å². The minimum atomic E-state index is -0.458. The second kappa shape index (κ2) is 6.90. The summed E-state index contributed by atoms with van der Waals surface area (Å²) < 4.78 is 10.8. The van der Waals surface area contributed by atoms with Crippen molar-refractivity contribution >= 4 is 11.8 Å². The van der Waals surface area contributed by atoms with E-state index in [4.69, 9.17) is 9.47 Å². The van der Waals surface area contributed by atoms with Crippen molar-refractivity contribution in [1.29, 1.82) is 0 Å². The fraction of sp³-hybridized carbons (Fsp3) is 0.588. The number of amides is 1. The van der Waals surface area contributed by atoms with E-state index in [1.54, 1.807) is 12.0 Å². The molecule has 1 aliphatic heterocycles. The summed E-state index contributed by atoms with van der Waals surface area (Å²) in [6, 6.07) is 8.04. The maximum atomic E-state index is 12.2. The minimum Gasteiger partial charge on any atom is -0.495 e. The number of benzene rings is 1. The van der Waals surface area contributed by atoms with Gasteiger partial charge >= 0.3 is 6.09 Å². The molecule has 0 unspecified atom stereocenters. The molecule has 0 aliphatic carbocycles. The summed E-state index contributed by atoms with van der Waals surface area (Å²) in [5.41, 5.74) is 0.501. The summed E-state index contributed by atoms with van der Waals surface area (Å²) in [5.74, 6) is 0.817. The zero-order valence-electron chi connectivity index (χ0n) is 13.9. The fourth-order valence-corrected chi connectivity index (χ4v) is 2.57. The predicted octanol–water partition coefficient (Wildman–Crippen LogP) is 3.51. The van der Waals surface area contributed by atoms with Crippen molar-refractivity contribution in [3.8, 4) is 5.75 Å². The van der Waals surface area contributed by atoms with Crippen molar-refractivity contribution in [2.75, 3.05) is 25.5 Å². The summed E-state index contributed by atoms with van der Waals surface area (Å²) in [5, 5.41) is 3.47. The summed E-state index contributed by atoms with van der Waals surface area (Å²) in [4.78, 5) is 14.0. The molecule has 0 spiro atoms. The number of rotatable bonds is 3. The van der Waals surface area contributed by atoms with Crippen LogP contribution in [0, 0.1) is 0 Å². The molecule has 22 heavy (non-hydrogen) atoms. The van der Waals surface area contributed by atoms with E-state index in [1.165, 1.54) is 0 Å².